The summed E-state index contributed by atoms with van der Waals surface area (Å²) in [6.45, 7) is 3.90. The minimum atomic E-state index is -0.172. The van der Waals surface area contributed by atoms with E-state index in [1.165, 1.54) is 25.7 Å². The van der Waals surface area contributed by atoms with Gasteiger partial charge in [-0.3, -0.25) is 4.79 Å². The quantitative estimate of drug-likeness (QED) is 0.913. The van der Waals surface area contributed by atoms with E-state index in [1.54, 1.807) is 13.8 Å². The molecule has 2 aromatic heterocycles. The second-order valence-corrected chi connectivity index (χ2v) is 6.23. The van der Waals surface area contributed by atoms with Crippen LogP contribution in [0.2, 0.25) is 0 Å². The maximum Gasteiger partial charge on any atom is 0.257 e. The molecule has 0 radical (unpaired) electrons. The fourth-order valence-electron chi connectivity index (χ4n) is 2.86. The number of amides is 1. The number of hydrogen-bond donors (Lipinski definition) is 1. The number of hydrogen-bond acceptors (Lipinski definition) is 5. The van der Waals surface area contributed by atoms with Crippen LogP contribution in [0.4, 0.5) is 0 Å². The summed E-state index contributed by atoms with van der Waals surface area (Å²) in [7, 11) is 0. The number of rotatable bonds is 5. The van der Waals surface area contributed by atoms with Crippen molar-refractivity contribution >= 4 is 5.91 Å². The molecule has 116 valence electrons. The van der Waals surface area contributed by atoms with E-state index in [4.69, 9.17) is 4.52 Å². The van der Waals surface area contributed by atoms with Crippen molar-refractivity contribution in [3.63, 3.8) is 0 Å². The van der Waals surface area contributed by atoms with Crippen LogP contribution >= 0.6 is 0 Å². The summed E-state index contributed by atoms with van der Waals surface area (Å²) in [5.41, 5.74) is 1.12. The summed E-state index contributed by atoms with van der Waals surface area (Å²) < 4.78 is 7.28. The smallest absolute Gasteiger partial charge is 0.257 e. The Bertz CT molecular complexity index is 705. The van der Waals surface area contributed by atoms with Crippen LogP contribution in [0.5, 0.6) is 0 Å². The van der Waals surface area contributed by atoms with Crippen LogP contribution in [0, 0.1) is 13.8 Å². The molecular weight excluding hydrogens is 282 g/mol. The van der Waals surface area contributed by atoms with Gasteiger partial charge in [0.2, 0.25) is 0 Å². The highest BCUT2D eigenvalue weighted by molar-refractivity contribution is 5.95. The second-order valence-electron chi connectivity index (χ2n) is 6.23. The minimum absolute atomic E-state index is 0.172. The molecule has 0 saturated heterocycles. The lowest BCUT2D eigenvalue weighted by molar-refractivity contribution is 0.0947. The van der Waals surface area contributed by atoms with Crippen LogP contribution in [-0.4, -0.2) is 25.8 Å². The normalized spacial score (nSPS) is 17.7. The van der Waals surface area contributed by atoms with Gasteiger partial charge >= 0.3 is 0 Å². The lowest BCUT2D eigenvalue weighted by Gasteiger charge is -2.09. The van der Waals surface area contributed by atoms with Gasteiger partial charge < -0.3 is 14.4 Å². The Balaban J connectivity index is 1.51. The van der Waals surface area contributed by atoms with E-state index in [1.807, 2.05) is 0 Å². The topological polar surface area (TPSA) is 85.8 Å². The molecule has 0 atom stereocenters. The number of aryl methyl sites for hydroxylation is 2. The predicted molar refractivity (Wildman–Crippen MR) is 77.4 cm³/mol. The monoisotopic (exact) mass is 301 g/mol. The summed E-state index contributed by atoms with van der Waals surface area (Å²) in [6, 6.07) is 0.525. The van der Waals surface area contributed by atoms with Crippen molar-refractivity contribution in [2.75, 3.05) is 0 Å². The first-order valence-electron chi connectivity index (χ1n) is 7.80. The summed E-state index contributed by atoms with van der Waals surface area (Å²) in [6.07, 6.45) is 4.78. The van der Waals surface area contributed by atoms with Crippen molar-refractivity contribution < 1.29 is 9.32 Å². The van der Waals surface area contributed by atoms with Crippen molar-refractivity contribution in [3.8, 4) is 0 Å². The average molecular weight is 301 g/mol. The molecule has 2 aliphatic rings. The highest BCUT2D eigenvalue weighted by atomic mass is 16.5. The van der Waals surface area contributed by atoms with Crippen LogP contribution in [0.25, 0.3) is 0 Å². The molecule has 2 aromatic rings. The molecule has 2 aliphatic carbocycles. The lowest BCUT2D eigenvalue weighted by atomic mass is 10.2. The van der Waals surface area contributed by atoms with Gasteiger partial charge in [-0.05, 0) is 39.5 Å². The van der Waals surface area contributed by atoms with Gasteiger partial charge in [0.25, 0.3) is 5.91 Å². The van der Waals surface area contributed by atoms with Crippen molar-refractivity contribution in [1.29, 1.82) is 0 Å². The molecule has 1 N–H and O–H groups in total. The molecule has 0 aromatic carbocycles. The summed E-state index contributed by atoms with van der Waals surface area (Å²) >= 11 is 0. The molecule has 2 fully saturated rings. The number of nitrogens with zero attached hydrogens (tertiary/aromatic N) is 4. The van der Waals surface area contributed by atoms with Gasteiger partial charge in [-0.1, -0.05) is 5.16 Å². The van der Waals surface area contributed by atoms with Crippen LogP contribution in [-0.2, 0) is 6.54 Å². The first-order valence-corrected chi connectivity index (χ1v) is 7.80. The standard InChI is InChI=1S/C15H19N5O2/c1-8-13(9(2)22-19-8)15(21)16-7-12-17-18-14(10-3-4-10)20(12)11-5-6-11/h10-11H,3-7H2,1-2H3,(H,16,21). The highest BCUT2D eigenvalue weighted by Crippen LogP contribution is 2.44. The number of carbonyl (C=O) groups is 1. The zero-order valence-electron chi connectivity index (χ0n) is 12.8. The van der Waals surface area contributed by atoms with Crippen molar-refractivity contribution in [3.05, 3.63) is 28.7 Å². The SMILES string of the molecule is Cc1noc(C)c1C(=O)NCc1nnc(C2CC2)n1C1CC1. The van der Waals surface area contributed by atoms with Crippen LogP contribution in [0.15, 0.2) is 4.52 Å². The predicted octanol–water partition coefficient (Wildman–Crippen LogP) is 2.03. The van der Waals surface area contributed by atoms with Gasteiger partial charge in [-0.2, -0.15) is 0 Å². The third-order valence-corrected chi connectivity index (χ3v) is 4.31. The molecule has 0 spiro atoms. The summed E-state index contributed by atoms with van der Waals surface area (Å²) in [5, 5.41) is 15.4. The maximum absolute atomic E-state index is 12.3. The fourth-order valence-corrected chi connectivity index (χ4v) is 2.86. The van der Waals surface area contributed by atoms with Crippen molar-refractivity contribution in [2.24, 2.45) is 0 Å². The molecule has 0 aliphatic heterocycles. The molecule has 0 unspecified atom stereocenters. The average Bonchev–Trinajstić information content (AvgIpc) is 3.42. The molecule has 4 rings (SSSR count). The van der Waals surface area contributed by atoms with E-state index in [2.05, 4.69) is 25.2 Å². The molecule has 2 saturated carbocycles. The number of nitrogens with one attached hydrogen (secondary N) is 1. The Kier molecular flexibility index (Phi) is 3.02. The van der Waals surface area contributed by atoms with E-state index >= 15 is 0 Å². The van der Waals surface area contributed by atoms with E-state index < -0.39 is 0 Å². The Morgan fingerprint density at radius 2 is 2.05 bits per heavy atom. The van der Waals surface area contributed by atoms with Crippen LogP contribution in [0.1, 0.15) is 71.1 Å². The number of aromatic nitrogens is 4. The van der Waals surface area contributed by atoms with Gasteiger partial charge in [0.15, 0.2) is 5.82 Å². The van der Waals surface area contributed by atoms with E-state index in [9.17, 15) is 4.79 Å². The van der Waals surface area contributed by atoms with Gasteiger partial charge in [0, 0.05) is 12.0 Å². The van der Waals surface area contributed by atoms with Crippen molar-refractivity contribution in [2.45, 2.75) is 58.0 Å². The van der Waals surface area contributed by atoms with Crippen LogP contribution in [0.3, 0.4) is 0 Å². The zero-order chi connectivity index (χ0) is 15.3. The van der Waals surface area contributed by atoms with E-state index in [0.717, 1.165) is 11.6 Å². The summed E-state index contributed by atoms with van der Waals surface area (Å²) in [5.74, 6) is 2.89. The molecule has 1 amide bonds. The zero-order valence-corrected chi connectivity index (χ0v) is 12.8. The molecule has 22 heavy (non-hydrogen) atoms. The van der Waals surface area contributed by atoms with E-state index in [-0.39, 0.29) is 5.91 Å². The Morgan fingerprint density at radius 3 is 2.64 bits per heavy atom. The first kappa shape index (κ1) is 13.5. The molecular formula is C15H19N5O2. The second kappa shape index (κ2) is 4.93. The Morgan fingerprint density at radius 1 is 1.27 bits per heavy atom. The number of carbonyl (C=O) groups excluding carboxylic acids is 1. The van der Waals surface area contributed by atoms with Gasteiger partial charge in [0.05, 0.1) is 12.2 Å². The van der Waals surface area contributed by atoms with Gasteiger partial charge in [-0.15, -0.1) is 10.2 Å². The fraction of sp³-hybridized carbons (Fsp3) is 0.600. The lowest BCUT2D eigenvalue weighted by Crippen LogP contribution is -2.25. The first-order chi connectivity index (χ1) is 10.6. The molecule has 2 heterocycles. The highest BCUT2D eigenvalue weighted by Gasteiger charge is 2.36. The minimum Gasteiger partial charge on any atom is -0.361 e. The molecule has 7 heteroatoms. The van der Waals surface area contributed by atoms with E-state index in [0.29, 0.717) is 35.5 Å². The Hall–Kier alpha value is -2.18. The van der Waals surface area contributed by atoms with Gasteiger partial charge in [-0.25, -0.2) is 0 Å². The summed E-state index contributed by atoms with van der Waals surface area (Å²) in [4.78, 5) is 12.3. The van der Waals surface area contributed by atoms with Gasteiger partial charge in [0.1, 0.15) is 17.1 Å². The maximum atomic E-state index is 12.3. The third kappa shape index (κ3) is 2.30. The molecule has 0 bridgehead atoms. The van der Waals surface area contributed by atoms with Crippen molar-refractivity contribution in [1.82, 2.24) is 25.2 Å². The van der Waals surface area contributed by atoms with Crippen LogP contribution < -0.4 is 5.32 Å². The third-order valence-electron chi connectivity index (χ3n) is 4.31. The molecule has 7 nitrogen and oxygen atoms in total. The largest absolute Gasteiger partial charge is 0.361 e. The Labute approximate surface area is 128 Å².